The molecule has 18 heavy (non-hydrogen) atoms. The van der Waals surface area contributed by atoms with Crippen LogP contribution in [0.4, 0.5) is 11.4 Å². The van der Waals surface area contributed by atoms with Crippen molar-refractivity contribution in [1.29, 1.82) is 0 Å². The van der Waals surface area contributed by atoms with Crippen molar-refractivity contribution in [2.45, 2.75) is 6.92 Å². The Bertz CT molecular complexity index is 596. The maximum absolute atomic E-state index is 10.9. The van der Waals surface area contributed by atoms with Gasteiger partial charge < -0.3 is 10.4 Å². The minimum atomic E-state index is -0.925. The second kappa shape index (κ2) is 5.23. The zero-order valence-corrected chi connectivity index (χ0v) is 11.4. The maximum Gasteiger partial charge on any atom is 0.335 e. The Morgan fingerprint density at radius 2 is 1.89 bits per heavy atom. The van der Waals surface area contributed by atoms with E-state index >= 15 is 0 Å². The highest BCUT2D eigenvalue weighted by Gasteiger charge is 2.03. The van der Waals surface area contributed by atoms with Crippen LogP contribution < -0.4 is 5.32 Å². The Labute approximate surface area is 114 Å². The topological polar surface area (TPSA) is 49.3 Å². The number of carbonyl (C=O) groups is 1. The summed E-state index contributed by atoms with van der Waals surface area (Å²) in [6.07, 6.45) is 0. The average Bonchev–Trinajstić information content (AvgIpc) is 2.34. The monoisotopic (exact) mass is 305 g/mol. The molecule has 2 rings (SSSR count). The summed E-state index contributed by atoms with van der Waals surface area (Å²) in [5, 5.41) is 12.1. The highest BCUT2D eigenvalue weighted by Crippen LogP contribution is 2.23. The highest BCUT2D eigenvalue weighted by molar-refractivity contribution is 9.10. The van der Waals surface area contributed by atoms with Gasteiger partial charge in [0.25, 0.3) is 0 Å². The van der Waals surface area contributed by atoms with Crippen LogP contribution in [0.2, 0.25) is 0 Å². The SMILES string of the molecule is Cc1cc(Nc2cccc(C(=O)O)c2)ccc1Br. The van der Waals surface area contributed by atoms with Gasteiger partial charge in [-0.3, -0.25) is 0 Å². The van der Waals surface area contributed by atoms with Gasteiger partial charge in [-0.15, -0.1) is 0 Å². The van der Waals surface area contributed by atoms with Crippen LogP contribution in [-0.2, 0) is 0 Å². The molecule has 2 N–H and O–H groups in total. The minimum absolute atomic E-state index is 0.272. The second-order valence-electron chi connectivity index (χ2n) is 3.97. The number of aryl methyl sites for hydroxylation is 1. The number of aromatic carboxylic acids is 1. The maximum atomic E-state index is 10.9. The van der Waals surface area contributed by atoms with Gasteiger partial charge in [0.2, 0.25) is 0 Å². The van der Waals surface area contributed by atoms with Crippen molar-refractivity contribution in [3.8, 4) is 0 Å². The summed E-state index contributed by atoms with van der Waals surface area (Å²) in [7, 11) is 0. The Morgan fingerprint density at radius 3 is 2.56 bits per heavy atom. The molecule has 0 saturated heterocycles. The Hall–Kier alpha value is -1.81. The molecule has 0 saturated carbocycles. The fourth-order valence-electron chi connectivity index (χ4n) is 1.62. The fourth-order valence-corrected chi connectivity index (χ4v) is 1.87. The number of hydrogen-bond donors (Lipinski definition) is 2. The molecule has 0 spiro atoms. The first-order chi connectivity index (χ1) is 8.56. The van der Waals surface area contributed by atoms with Gasteiger partial charge in [-0.05, 0) is 48.9 Å². The molecule has 0 bridgehead atoms. The number of hydrogen-bond acceptors (Lipinski definition) is 2. The van der Waals surface area contributed by atoms with E-state index < -0.39 is 5.97 Å². The van der Waals surface area contributed by atoms with Crippen molar-refractivity contribution in [2.75, 3.05) is 5.32 Å². The number of halogens is 1. The van der Waals surface area contributed by atoms with E-state index in [1.54, 1.807) is 18.2 Å². The van der Waals surface area contributed by atoms with Gasteiger partial charge in [0.05, 0.1) is 5.56 Å². The Balaban J connectivity index is 2.25. The van der Waals surface area contributed by atoms with E-state index in [0.717, 1.165) is 21.4 Å². The normalized spacial score (nSPS) is 10.1. The van der Waals surface area contributed by atoms with Crippen molar-refractivity contribution in [1.82, 2.24) is 0 Å². The smallest absolute Gasteiger partial charge is 0.335 e. The molecule has 0 unspecified atom stereocenters. The third-order valence-electron chi connectivity index (χ3n) is 2.56. The largest absolute Gasteiger partial charge is 0.478 e. The molecule has 0 radical (unpaired) electrons. The van der Waals surface area contributed by atoms with Crippen LogP contribution in [0.1, 0.15) is 15.9 Å². The van der Waals surface area contributed by atoms with E-state index in [-0.39, 0.29) is 5.56 Å². The summed E-state index contributed by atoms with van der Waals surface area (Å²) in [4.78, 5) is 10.9. The van der Waals surface area contributed by atoms with Crippen LogP contribution in [0, 0.1) is 6.92 Å². The van der Waals surface area contributed by atoms with Crippen molar-refractivity contribution >= 4 is 33.3 Å². The zero-order valence-electron chi connectivity index (χ0n) is 9.77. The molecule has 3 nitrogen and oxygen atoms in total. The van der Waals surface area contributed by atoms with Gasteiger partial charge in [0.1, 0.15) is 0 Å². The predicted octanol–water partition coefficient (Wildman–Crippen LogP) is 4.20. The molecular formula is C14H12BrNO2. The number of carboxylic acid groups (broad SMARTS) is 1. The lowest BCUT2D eigenvalue weighted by Gasteiger charge is -2.08. The van der Waals surface area contributed by atoms with Gasteiger partial charge in [-0.1, -0.05) is 22.0 Å². The number of carboxylic acids is 1. The molecule has 92 valence electrons. The highest BCUT2D eigenvalue weighted by atomic mass is 79.9. The summed E-state index contributed by atoms with van der Waals surface area (Å²) in [6, 6.07) is 12.6. The summed E-state index contributed by atoms with van der Waals surface area (Å²) < 4.78 is 1.05. The molecule has 0 amide bonds. The molecule has 0 aliphatic rings. The van der Waals surface area contributed by atoms with E-state index in [4.69, 9.17) is 5.11 Å². The molecule has 4 heteroatoms. The first kappa shape index (κ1) is 12.6. The standard InChI is InChI=1S/C14H12BrNO2/c1-9-7-12(5-6-13(9)15)16-11-4-2-3-10(8-11)14(17)18/h2-8,16H,1H3,(H,17,18). The Morgan fingerprint density at radius 1 is 1.17 bits per heavy atom. The van der Waals surface area contributed by atoms with E-state index in [9.17, 15) is 4.79 Å². The van der Waals surface area contributed by atoms with Gasteiger partial charge in [-0.25, -0.2) is 4.79 Å². The zero-order chi connectivity index (χ0) is 13.1. The minimum Gasteiger partial charge on any atom is -0.478 e. The molecule has 0 aromatic heterocycles. The third-order valence-corrected chi connectivity index (χ3v) is 3.45. The first-order valence-electron chi connectivity index (χ1n) is 5.43. The van der Waals surface area contributed by atoms with E-state index in [0.29, 0.717) is 0 Å². The van der Waals surface area contributed by atoms with Crippen molar-refractivity contribution < 1.29 is 9.90 Å². The first-order valence-corrected chi connectivity index (χ1v) is 6.22. The summed E-state index contributed by atoms with van der Waals surface area (Å²) in [5.41, 5.74) is 3.08. The lowest BCUT2D eigenvalue weighted by Crippen LogP contribution is -1.98. The summed E-state index contributed by atoms with van der Waals surface area (Å²) >= 11 is 3.44. The molecule has 2 aromatic rings. The Kier molecular flexibility index (Phi) is 3.67. The van der Waals surface area contributed by atoms with Crippen molar-refractivity contribution in [3.63, 3.8) is 0 Å². The second-order valence-corrected chi connectivity index (χ2v) is 4.83. The van der Waals surface area contributed by atoms with Crippen LogP contribution in [0.5, 0.6) is 0 Å². The summed E-state index contributed by atoms with van der Waals surface area (Å²) in [6.45, 7) is 2.00. The van der Waals surface area contributed by atoms with Crippen molar-refractivity contribution in [2.24, 2.45) is 0 Å². The number of nitrogens with one attached hydrogen (secondary N) is 1. The average molecular weight is 306 g/mol. The molecule has 0 fully saturated rings. The van der Waals surface area contributed by atoms with E-state index in [2.05, 4.69) is 21.2 Å². The third kappa shape index (κ3) is 2.90. The molecule has 0 heterocycles. The van der Waals surface area contributed by atoms with Gasteiger partial charge in [-0.2, -0.15) is 0 Å². The van der Waals surface area contributed by atoms with E-state index in [1.807, 2.05) is 31.2 Å². The number of rotatable bonds is 3. The van der Waals surface area contributed by atoms with Crippen molar-refractivity contribution in [3.05, 3.63) is 58.1 Å². The number of anilines is 2. The predicted molar refractivity (Wildman–Crippen MR) is 75.6 cm³/mol. The van der Waals surface area contributed by atoms with Crippen LogP contribution in [0.25, 0.3) is 0 Å². The van der Waals surface area contributed by atoms with Gasteiger partial charge in [0, 0.05) is 15.8 Å². The van der Waals surface area contributed by atoms with Gasteiger partial charge >= 0.3 is 5.97 Å². The molecule has 0 aliphatic carbocycles. The molecule has 2 aromatic carbocycles. The van der Waals surface area contributed by atoms with Crippen LogP contribution in [0.15, 0.2) is 46.9 Å². The summed E-state index contributed by atoms with van der Waals surface area (Å²) in [5.74, 6) is -0.925. The lowest BCUT2D eigenvalue weighted by molar-refractivity contribution is 0.0697. The van der Waals surface area contributed by atoms with Crippen LogP contribution in [0.3, 0.4) is 0 Å². The quantitative estimate of drug-likeness (QED) is 0.893. The lowest BCUT2D eigenvalue weighted by atomic mass is 10.2. The molecule has 0 aliphatic heterocycles. The molecule has 0 atom stereocenters. The van der Waals surface area contributed by atoms with Crippen LogP contribution >= 0.6 is 15.9 Å². The molecular weight excluding hydrogens is 294 g/mol. The fraction of sp³-hybridized carbons (Fsp3) is 0.0714. The van der Waals surface area contributed by atoms with E-state index in [1.165, 1.54) is 0 Å². The van der Waals surface area contributed by atoms with Gasteiger partial charge in [0.15, 0.2) is 0 Å². The van der Waals surface area contributed by atoms with Crippen LogP contribution in [-0.4, -0.2) is 11.1 Å². The number of benzene rings is 2.